The molecule has 0 amide bonds. The molecule has 1 aromatic carbocycles. The van der Waals surface area contributed by atoms with Gasteiger partial charge in [-0.3, -0.25) is 0 Å². The summed E-state index contributed by atoms with van der Waals surface area (Å²) in [7, 11) is 0. The van der Waals surface area contributed by atoms with Gasteiger partial charge in [-0.2, -0.15) is 0 Å². The summed E-state index contributed by atoms with van der Waals surface area (Å²) in [5, 5.41) is 9.56. The Labute approximate surface area is 80.1 Å². The topological polar surface area (TPSA) is 29.5 Å². The summed E-state index contributed by atoms with van der Waals surface area (Å²) >= 11 is 0. The summed E-state index contributed by atoms with van der Waals surface area (Å²) < 4.78 is 31.5. The summed E-state index contributed by atoms with van der Waals surface area (Å²) in [6.45, 7) is 0.310. The van der Waals surface area contributed by atoms with Gasteiger partial charge in [-0.15, -0.1) is 0 Å². The molecule has 1 aromatic rings. The van der Waals surface area contributed by atoms with Crippen LogP contribution in [0.4, 0.5) is 8.78 Å². The van der Waals surface area contributed by atoms with Crippen LogP contribution in [0.3, 0.4) is 0 Å². The molecule has 2 nitrogen and oxygen atoms in total. The lowest BCUT2D eigenvalue weighted by Crippen LogP contribution is -2.02. The van der Waals surface area contributed by atoms with E-state index in [1.807, 2.05) is 0 Å². The minimum Gasteiger partial charge on any atom is -0.490 e. The number of halogens is 2. The lowest BCUT2D eigenvalue weighted by molar-refractivity contribution is 0.163. The molecule has 1 aliphatic heterocycles. The van der Waals surface area contributed by atoms with Crippen molar-refractivity contribution in [1.82, 2.24) is 0 Å². The zero-order valence-corrected chi connectivity index (χ0v) is 7.46. The van der Waals surface area contributed by atoms with Gasteiger partial charge in [0.2, 0.25) is 0 Å². The van der Waals surface area contributed by atoms with Crippen LogP contribution in [0.2, 0.25) is 0 Å². The smallest absolute Gasteiger partial charge is 0.165 e. The summed E-state index contributed by atoms with van der Waals surface area (Å²) in [6, 6.07) is 2.01. The van der Waals surface area contributed by atoms with Crippen molar-refractivity contribution >= 4 is 0 Å². The van der Waals surface area contributed by atoms with Crippen molar-refractivity contribution in [2.75, 3.05) is 6.61 Å². The molecule has 76 valence electrons. The van der Waals surface area contributed by atoms with Gasteiger partial charge in [0.25, 0.3) is 0 Å². The molecule has 1 N–H and O–H groups in total. The average Bonchev–Trinajstić information content (AvgIpc) is 2.35. The molecule has 0 saturated heterocycles. The van der Waals surface area contributed by atoms with Crippen molar-refractivity contribution in [2.24, 2.45) is 0 Å². The molecule has 0 saturated carbocycles. The van der Waals surface area contributed by atoms with Crippen molar-refractivity contribution in [3.63, 3.8) is 0 Å². The normalized spacial score (nSPS) is 20.9. The van der Waals surface area contributed by atoms with Gasteiger partial charge in [0.15, 0.2) is 11.6 Å². The molecule has 14 heavy (non-hydrogen) atoms. The average molecular weight is 200 g/mol. The molecular formula is C10H10F2O2. The Morgan fingerprint density at radius 2 is 2.00 bits per heavy atom. The Bertz CT molecular complexity index is 352. The van der Waals surface area contributed by atoms with E-state index in [1.54, 1.807) is 0 Å². The number of aliphatic hydroxyl groups excluding tert-OH is 1. The Morgan fingerprint density at radius 3 is 2.79 bits per heavy atom. The van der Waals surface area contributed by atoms with E-state index < -0.39 is 17.7 Å². The highest BCUT2D eigenvalue weighted by molar-refractivity contribution is 5.38. The summed E-state index contributed by atoms with van der Waals surface area (Å²) in [5.74, 6) is -1.38. The second-order valence-electron chi connectivity index (χ2n) is 3.28. The Kier molecular flexibility index (Phi) is 2.37. The number of rotatable bonds is 0. The van der Waals surface area contributed by atoms with Crippen molar-refractivity contribution < 1.29 is 18.6 Å². The number of ether oxygens (including phenoxy) is 1. The second kappa shape index (κ2) is 3.53. The molecular weight excluding hydrogens is 190 g/mol. The largest absolute Gasteiger partial charge is 0.490 e. The number of hydrogen-bond acceptors (Lipinski definition) is 2. The van der Waals surface area contributed by atoms with Gasteiger partial charge in [0.05, 0.1) is 18.3 Å². The SMILES string of the molecule is OC1CCCOc2c(F)ccc(F)c21. The number of aliphatic hydroxyl groups is 1. The summed E-state index contributed by atoms with van der Waals surface area (Å²) in [5.41, 5.74) is -0.0532. The molecule has 0 bridgehead atoms. The minimum absolute atomic E-state index is 0.0532. The minimum atomic E-state index is -0.969. The lowest BCUT2D eigenvalue weighted by Gasteiger charge is -2.12. The highest BCUT2D eigenvalue weighted by Crippen LogP contribution is 2.35. The maximum atomic E-state index is 13.3. The van der Waals surface area contributed by atoms with Gasteiger partial charge in [-0.25, -0.2) is 8.78 Å². The third-order valence-electron chi connectivity index (χ3n) is 2.30. The van der Waals surface area contributed by atoms with Gasteiger partial charge in [0, 0.05) is 0 Å². The van der Waals surface area contributed by atoms with E-state index in [1.165, 1.54) is 0 Å². The molecule has 2 rings (SSSR count). The fourth-order valence-corrected chi connectivity index (χ4v) is 1.60. The van der Waals surface area contributed by atoms with Gasteiger partial charge in [-0.1, -0.05) is 0 Å². The van der Waals surface area contributed by atoms with Crippen LogP contribution in [0.25, 0.3) is 0 Å². The molecule has 1 atom stereocenters. The molecule has 1 aliphatic rings. The highest BCUT2D eigenvalue weighted by Gasteiger charge is 2.24. The first-order valence-corrected chi connectivity index (χ1v) is 4.49. The molecule has 0 aromatic heterocycles. The summed E-state index contributed by atoms with van der Waals surface area (Å²) in [6.07, 6.45) is 0.0189. The molecule has 0 fully saturated rings. The molecule has 1 heterocycles. The van der Waals surface area contributed by atoms with E-state index in [2.05, 4.69) is 0 Å². The standard InChI is InChI=1S/C10H10F2O2/c11-6-3-4-7(12)10-9(6)8(13)2-1-5-14-10/h3-4,8,13H,1-2,5H2. The number of benzene rings is 1. The fourth-order valence-electron chi connectivity index (χ4n) is 1.60. The summed E-state index contributed by atoms with van der Waals surface area (Å²) in [4.78, 5) is 0. The van der Waals surface area contributed by atoms with Crippen molar-refractivity contribution in [3.8, 4) is 5.75 Å². The first-order valence-electron chi connectivity index (χ1n) is 4.49. The van der Waals surface area contributed by atoms with Crippen LogP contribution < -0.4 is 4.74 Å². The zero-order chi connectivity index (χ0) is 10.1. The van der Waals surface area contributed by atoms with Gasteiger partial charge in [-0.05, 0) is 25.0 Å². The van der Waals surface area contributed by atoms with E-state index >= 15 is 0 Å². The Hall–Kier alpha value is -1.16. The van der Waals surface area contributed by atoms with Crippen molar-refractivity contribution in [2.45, 2.75) is 18.9 Å². The fraction of sp³-hybridized carbons (Fsp3) is 0.400. The monoisotopic (exact) mass is 200 g/mol. The van der Waals surface area contributed by atoms with E-state index in [-0.39, 0.29) is 11.3 Å². The predicted molar refractivity (Wildman–Crippen MR) is 46.0 cm³/mol. The van der Waals surface area contributed by atoms with Crippen LogP contribution in [0, 0.1) is 11.6 Å². The van der Waals surface area contributed by atoms with Crippen LogP contribution in [-0.4, -0.2) is 11.7 Å². The first-order chi connectivity index (χ1) is 6.70. The third-order valence-corrected chi connectivity index (χ3v) is 2.30. The molecule has 4 heteroatoms. The maximum absolute atomic E-state index is 13.3. The number of fused-ring (bicyclic) bond motifs is 1. The Morgan fingerprint density at radius 1 is 1.29 bits per heavy atom. The van der Waals surface area contributed by atoms with Crippen LogP contribution >= 0.6 is 0 Å². The van der Waals surface area contributed by atoms with E-state index in [9.17, 15) is 13.9 Å². The van der Waals surface area contributed by atoms with Crippen LogP contribution in [-0.2, 0) is 0 Å². The van der Waals surface area contributed by atoms with Crippen LogP contribution in [0.1, 0.15) is 24.5 Å². The molecule has 1 unspecified atom stereocenters. The van der Waals surface area contributed by atoms with Gasteiger partial charge < -0.3 is 9.84 Å². The molecule has 0 radical (unpaired) electrons. The van der Waals surface area contributed by atoms with E-state index in [4.69, 9.17) is 4.74 Å². The molecule has 0 aliphatic carbocycles. The first kappa shape index (κ1) is 9.40. The predicted octanol–water partition coefficient (Wildman–Crippen LogP) is 2.17. The molecule has 0 spiro atoms. The van der Waals surface area contributed by atoms with Gasteiger partial charge >= 0.3 is 0 Å². The van der Waals surface area contributed by atoms with E-state index in [0.29, 0.717) is 19.4 Å². The second-order valence-corrected chi connectivity index (χ2v) is 3.28. The maximum Gasteiger partial charge on any atom is 0.165 e. The Balaban J connectivity index is 2.57. The zero-order valence-electron chi connectivity index (χ0n) is 7.46. The van der Waals surface area contributed by atoms with Crippen molar-refractivity contribution in [1.29, 1.82) is 0 Å². The van der Waals surface area contributed by atoms with Crippen molar-refractivity contribution in [3.05, 3.63) is 29.3 Å². The van der Waals surface area contributed by atoms with E-state index in [0.717, 1.165) is 12.1 Å². The lowest BCUT2D eigenvalue weighted by atomic mass is 10.0. The van der Waals surface area contributed by atoms with Crippen LogP contribution in [0.5, 0.6) is 5.75 Å². The number of hydrogen-bond donors (Lipinski definition) is 1. The highest BCUT2D eigenvalue weighted by atomic mass is 19.1. The van der Waals surface area contributed by atoms with Crippen LogP contribution in [0.15, 0.2) is 12.1 Å². The van der Waals surface area contributed by atoms with Gasteiger partial charge in [0.1, 0.15) is 5.82 Å². The third kappa shape index (κ3) is 1.46. The quantitative estimate of drug-likeness (QED) is 0.695.